The van der Waals surface area contributed by atoms with Crippen molar-refractivity contribution < 1.29 is 14.3 Å². The molecule has 128 valence electrons. The number of ether oxygens (including phenoxy) is 1. The molecule has 2 unspecified atom stereocenters. The monoisotopic (exact) mass is 340 g/mol. The lowest BCUT2D eigenvalue weighted by atomic mass is 9.99. The number of methoxy groups -OCH3 is 1. The van der Waals surface area contributed by atoms with Crippen LogP contribution in [0.4, 0.5) is 0 Å². The summed E-state index contributed by atoms with van der Waals surface area (Å²) in [6.07, 6.45) is 0.778. The highest BCUT2D eigenvalue weighted by Crippen LogP contribution is 2.11. The molecule has 1 aromatic rings. The molecule has 0 aromatic heterocycles. The molecular weight excluding hydrogens is 316 g/mol. The maximum absolute atomic E-state index is 12.2. The van der Waals surface area contributed by atoms with Crippen molar-refractivity contribution in [1.82, 2.24) is 10.2 Å². The average Bonchev–Trinajstić information content (AvgIpc) is 2.53. The number of nitrogens with zero attached hydrogens (tertiary/aromatic N) is 1. The molecule has 0 heterocycles. The van der Waals surface area contributed by atoms with E-state index in [4.69, 9.17) is 16.3 Å². The summed E-state index contributed by atoms with van der Waals surface area (Å²) in [4.78, 5) is 25.8. The Hall–Kier alpha value is -1.59. The number of likely N-dealkylation sites (N-methyl/N-ethyl adjacent to an activating group) is 1. The molecule has 1 N–H and O–H groups in total. The van der Waals surface area contributed by atoms with Gasteiger partial charge in [-0.15, -0.1) is 0 Å². The molecule has 1 amide bonds. The van der Waals surface area contributed by atoms with Gasteiger partial charge in [0.25, 0.3) is 0 Å². The van der Waals surface area contributed by atoms with Gasteiger partial charge in [0.15, 0.2) is 0 Å². The van der Waals surface area contributed by atoms with E-state index < -0.39 is 12.0 Å². The molecule has 23 heavy (non-hydrogen) atoms. The van der Waals surface area contributed by atoms with Crippen LogP contribution in [0.2, 0.25) is 5.02 Å². The predicted molar refractivity (Wildman–Crippen MR) is 91.2 cm³/mol. The Morgan fingerprint density at radius 1 is 1.30 bits per heavy atom. The molecule has 0 aliphatic rings. The number of amides is 1. The lowest BCUT2D eigenvalue weighted by Gasteiger charge is -2.23. The third-order valence-corrected chi connectivity index (χ3v) is 4.02. The van der Waals surface area contributed by atoms with Crippen molar-refractivity contribution in [3.63, 3.8) is 0 Å². The van der Waals surface area contributed by atoms with Gasteiger partial charge in [0.1, 0.15) is 6.04 Å². The summed E-state index contributed by atoms with van der Waals surface area (Å²) >= 11 is 5.86. The maximum atomic E-state index is 12.2. The van der Waals surface area contributed by atoms with Crippen LogP contribution in [0.5, 0.6) is 0 Å². The molecule has 0 aliphatic carbocycles. The summed E-state index contributed by atoms with van der Waals surface area (Å²) in [7, 11) is 3.18. The zero-order valence-corrected chi connectivity index (χ0v) is 14.9. The highest BCUT2D eigenvalue weighted by molar-refractivity contribution is 6.30. The van der Waals surface area contributed by atoms with Crippen molar-refractivity contribution in [2.75, 3.05) is 20.7 Å². The summed E-state index contributed by atoms with van der Waals surface area (Å²) in [6.45, 7) is 4.71. The fraction of sp³-hybridized carbons (Fsp3) is 0.529. The average molecular weight is 341 g/mol. The number of nitrogens with one attached hydrogen (secondary N) is 1. The van der Waals surface area contributed by atoms with Crippen molar-refractivity contribution in [3.05, 3.63) is 34.9 Å². The normalized spacial score (nSPS) is 13.5. The van der Waals surface area contributed by atoms with Crippen molar-refractivity contribution in [2.24, 2.45) is 5.92 Å². The van der Waals surface area contributed by atoms with Gasteiger partial charge < -0.3 is 10.1 Å². The number of hydrogen-bond donors (Lipinski definition) is 1. The van der Waals surface area contributed by atoms with Crippen LogP contribution in [0.1, 0.15) is 25.8 Å². The van der Waals surface area contributed by atoms with Crippen LogP contribution >= 0.6 is 11.6 Å². The molecular formula is C17H25ClN2O3. The van der Waals surface area contributed by atoms with Gasteiger partial charge in [0.2, 0.25) is 5.91 Å². The first-order valence-electron chi connectivity index (χ1n) is 7.67. The number of benzene rings is 1. The molecule has 5 nitrogen and oxygen atoms in total. The summed E-state index contributed by atoms with van der Waals surface area (Å²) < 4.78 is 4.77. The predicted octanol–water partition coefficient (Wildman–Crippen LogP) is 2.48. The van der Waals surface area contributed by atoms with Crippen molar-refractivity contribution in [1.29, 1.82) is 0 Å². The first kappa shape index (κ1) is 19.5. The van der Waals surface area contributed by atoms with Gasteiger partial charge in [-0.05, 0) is 30.7 Å². The molecule has 1 aromatic carbocycles. The van der Waals surface area contributed by atoms with E-state index in [0.717, 1.165) is 12.0 Å². The first-order chi connectivity index (χ1) is 10.9. The van der Waals surface area contributed by atoms with Gasteiger partial charge >= 0.3 is 5.97 Å². The molecule has 0 radical (unpaired) electrons. The third-order valence-electron chi connectivity index (χ3n) is 3.76. The fourth-order valence-electron chi connectivity index (χ4n) is 2.22. The Balaban J connectivity index is 2.56. The number of hydrogen-bond acceptors (Lipinski definition) is 4. The van der Waals surface area contributed by atoms with E-state index in [1.54, 1.807) is 0 Å². The fourth-order valence-corrected chi connectivity index (χ4v) is 2.34. The number of carbonyl (C=O) groups is 2. The quantitative estimate of drug-likeness (QED) is 0.739. The minimum atomic E-state index is -0.610. The van der Waals surface area contributed by atoms with E-state index in [1.807, 2.05) is 50.1 Å². The zero-order chi connectivity index (χ0) is 17.4. The molecule has 2 atom stereocenters. The van der Waals surface area contributed by atoms with Crippen LogP contribution < -0.4 is 5.32 Å². The van der Waals surface area contributed by atoms with Gasteiger partial charge in [-0.2, -0.15) is 0 Å². The Morgan fingerprint density at radius 3 is 2.43 bits per heavy atom. The van der Waals surface area contributed by atoms with Crippen LogP contribution in [-0.2, 0) is 20.9 Å². The summed E-state index contributed by atoms with van der Waals surface area (Å²) in [5.74, 6) is -0.585. The lowest BCUT2D eigenvalue weighted by molar-refractivity contribution is -0.146. The van der Waals surface area contributed by atoms with Gasteiger partial charge in [-0.25, -0.2) is 4.79 Å². The molecule has 0 aliphatic heterocycles. The smallest absolute Gasteiger partial charge is 0.328 e. The molecule has 0 spiro atoms. The van der Waals surface area contributed by atoms with Gasteiger partial charge in [0.05, 0.1) is 13.7 Å². The Morgan fingerprint density at radius 2 is 1.91 bits per heavy atom. The maximum Gasteiger partial charge on any atom is 0.328 e. The molecule has 1 rings (SSSR count). The summed E-state index contributed by atoms with van der Waals surface area (Å²) in [5.41, 5.74) is 1.07. The number of halogens is 1. The highest BCUT2D eigenvalue weighted by Gasteiger charge is 2.26. The molecule has 0 saturated heterocycles. The van der Waals surface area contributed by atoms with E-state index in [1.165, 1.54) is 7.11 Å². The Bertz CT molecular complexity index is 519. The second kappa shape index (κ2) is 9.53. The number of carbonyl (C=O) groups excluding carboxylic acids is 2. The zero-order valence-electron chi connectivity index (χ0n) is 14.1. The minimum absolute atomic E-state index is 0.0213. The molecule has 0 saturated carbocycles. The molecule has 6 heteroatoms. The van der Waals surface area contributed by atoms with Crippen LogP contribution in [0.25, 0.3) is 0 Å². The summed E-state index contributed by atoms with van der Waals surface area (Å²) in [6, 6.07) is 6.88. The van der Waals surface area contributed by atoms with Crippen LogP contribution in [-0.4, -0.2) is 43.5 Å². The molecule has 0 bridgehead atoms. The largest absolute Gasteiger partial charge is 0.467 e. The van der Waals surface area contributed by atoms with Crippen molar-refractivity contribution >= 4 is 23.5 Å². The second-order valence-corrected chi connectivity index (χ2v) is 6.19. The summed E-state index contributed by atoms with van der Waals surface area (Å²) in [5, 5.41) is 3.45. The van der Waals surface area contributed by atoms with E-state index >= 15 is 0 Å². The first-order valence-corrected chi connectivity index (χ1v) is 8.05. The van der Waals surface area contributed by atoms with Crippen molar-refractivity contribution in [3.8, 4) is 0 Å². The van der Waals surface area contributed by atoms with Crippen molar-refractivity contribution in [2.45, 2.75) is 32.9 Å². The van der Waals surface area contributed by atoms with E-state index in [2.05, 4.69) is 5.32 Å². The number of esters is 1. The highest BCUT2D eigenvalue weighted by atomic mass is 35.5. The van der Waals surface area contributed by atoms with Crippen LogP contribution in [0.15, 0.2) is 24.3 Å². The van der Waals surface area contributed by atoms with Gasteiger partial charge in [0, 0.05) is 11.6 Å². The lowest BCUT2D eigenvalue weighted by Crippen LogP contribution is -2.48. The Labute approximate surface area is 142 Å². The number of rotatable bonds is 8. The standard InChI is InChI=1S/C17H25ClN2O3/c1-5-12(2)16(17(22)23-4)19-15(21)11-20(3)10-13-6-8-14(18)9-7-13/h6-9,12,16H,5,10-11H2,1-4H3,(H,19,21). The van der Waals surface area contributed by atoms with E-state index in [-0.39, 0.29) is 18.4 Å². The van der Waals surface area contributed by atoms with Crippen LogP contribution in [0.3, 0.4) is 0 Å². The third kappa shape index (κ3) is 6.59. The minimum Gasteiger partial charge on any atom is -0.467 e. The SMILES string of the molecule is CCC(C)C(NC(=O)CN(C)Cc1ccc(Cl)cc1)C(=O)OC. The van der Waals surface area contributed by atoms with E-state index in [9.17, 15) is 9.59 Å². The van der Waals surface area contributed by atoms with E-state index in [0.29, 0.717) is 11.6 Å². The molecule has 0 fully saturated rings. The van der Waals surface area contributed by atoms with Gasteiger partial charge in [-0.1, -0.05) is 44.0 Å². The van der Waals surface area contributed by atoms with Gasteiger partial charge in [-0.3, -0.25) is 9.69 Å². The Kier molecular flexibility index (Phi) is 8.06. The second-order valence-electron chi connectivity index (χ2n) is 5.75. The topological polar surface area (TPSA) is 58.6 Å². The van der Waals surface area contributed by atoms with Crippen LogP contribution in [0, 0.1) is 5.92 Å².